The molecule has 0 spiro atoms. The van der Waals surface area contributed by atoms with Gasteiger partial charge in [0.15, 0.2) is 0 Å². The van der Waals surface area contributed by atoms with E-state index in [0.29, 0.717) is 12.0 Å². The molecule has 2 nitrogen and oxygen atoms in total. The van der Waals surface area contributed by atoms with E-state index >= 15 is 0 Å². The monoisotopic (exact) mass is 225 g/mol. The fourth-order valence-corrected chi connectivity index (χ4v) is 3.07. The van der Waals surface area contributed by atoms with Gasteiger partial charge in [0.25, 0.3) is 0 Å². The van der Waals surface area contributed by atoms with E-state index in [1.54, 1.807) is 0 Å². The van der Waals surface area contributed by atoms with E-state index in [1.165, 1.54) is 44.9 Å². The molecule has 2 aliphatic carbocycles. The van der Waals surface area contributed by atoms with Crippen molar-refractivity contribution in [3.63, 3.8) is 0 Å². The van der Waals surface area contributed by atoms with E-state index in [1.807, 2.05) is 0 Å². The summed E-state index contributed by atoms with van der Waals surface area (Å²) in [7, 11) is 2.18. The predicted octanol–water partition coefficient (Wildman–Crippen LogP) is 2.66. The van der Waals surface area contributed by atoms with Gasteiger partial charge in [-0.1, -0.05) is 19.3 Å². The molecule has 2 unspecified atom stereocenters. The SMILES string of the molecule is CC(C1CC1)N(C)CC(O)C1CCCCC1. The number of likely N-dealkylation sites (N-methyl/N-ethyl adjacent to an activating group) is 1. The van der Waals surface area contributed by atoms with Crippen LogP contribution in [-0.2, 0) is 0 Å². The minimum absolute atomic E-state index is 0.0912. The van der Waals surface area contributed by atoms with Crippen LogP contribution in [0, 0.1) is 11.8 Å². The van der Waals surface area contributed by atoms with Crippen LogP contribution < -0.4 is 0 Å². The molecule has 94 valence electrons. The summed E-state index contributed by atoms with van der Waals surface area (Å²) in [5.41, 5.74) is 0. The molecule has 0 bridgehead atoms. The first-order valence-corrected chi connectivity index (χ1v) is 7.07. The van der Waals surface area contributed by atoms with Crippen molar-refractivity contribution in [3.8, 4) is 0 Å². The summed E-state index contributed by atoms with van der Waals surface area (Å²) in [6.07, 6.45) is 9.20. The van der Waals surface area contributed by atoms with Crippen molar-refractivity contribution >= 4 is 0 Å². The Morgan fingerprint density at radius 1 is 1.06 bits per heavy atom. The lowest BCUT2D eigenvalue weighted by atomic mass is 9.85. The molecule has 0 aromatic carbocycles. The number of aliphatic hydroxyl groups is 1. The van der Waals surface area contributed by atoms with Gasteiger partial charge in [-0.25, -0.2) is 0 Å². The van der Waals surface area contributed by atoms with Crippen molar-refractivity contribution < 1.29 is 5.11 Å². The molecule has 0 radical (unpaired) electrons. The molecule has 2 saturated carbocycles. The Labute approximate surface area is 100 Å². The molecule has 0 aromatic heterocycles. The van der Waals surface area contributed by atoms with E-state index in [2.05, 4.69) is 18.9 Å². The van der Waals surface area contributed by atoms with Gasteiger partial charge in [-0.05, 0) is 51.5 Å². The number of hydrogen-bond acceptors (Lipinski definition) is 2. The summed E-state index contributed by atoms with van der Waals surface area (Å²) in [5.74, 6) is 1.48. The molecule has 0 saturated heterocycles. The minimum Gasteiger partial charge on any atom is -0.392 e. The highest BCUT2D eigenvalue weighted by molar-refractivity contribution is 4.85. The number of aliphatic hydroxyl groups excluding tert-OH is 1. The van der Waals surface area contributed by atoms with Crippen LogP contribution in [0.3, 0.4) is 0 Å². The maximum atomic E-state index is 10.3. The zero-order valence-electron chi connectivity index (χ0n) is 10.9. The van der Waals surface area contributed by atoms with Gasteiger partial charge < -0.3 is 10.0 Å². The summed E-state index contributed by atoms with van der Waals surface area (Å²) in [6, 6.07) is 0.665. The smallest absolute Gasteiger partial charge is 0.0695 e. The molecule has 2 fully saturated rings. The Kier molecular flexibility index (Phi) is 4.26. The average Bonchev–Trinajstić information content (AvgIpc) is 3.13. The third-order valence-corrected chi connectivity index (χ3v) is 4.67. The van der Waals surface area contributed by atoms with Gasteiger partial charge in [-0.2, -0.15) is 0 Å². The fourth-order valence-electron chi connectivity index (χ4n) is 3.07. The Bertz CT molecular complexity index is 209. The van der Waals surface area contributed by atoms with Gasteiger partial charge in [-0.15, -0.1) is 0 Å². The van der Waals surface area contributed by atoms with Crippen LogP contribution in [0.2, 0.25) is 0 Å². The van der Waals surface area contributed by atoms with Crippen molar-refractivity contribution in [1.29, 1.82) is 0 Å². The Morgan fingerprint density at radius 2 is 1.69 bits per heavy atom. The van der Waals surface area contributed by atoms with E-state index in [9.17, 15) is 5.11 Å². The second kappa shape index (κ2) is 5.50. The maximum Gasteiger partial charge on any atom is 0.0695 e. The molecule has 1 N–H and O–H groups in total. The molecule has 0 aromatic rings. The quantitative estimate of drug-likeness (QED) is 0.777. The standard InChI is InChI=1S/C14H27NO/c1-11(12-8-9-12)15(2)10-14(16)13-6-4-3-5-7-13/h11-14,16H,3-10H2,1-2H3. The molecule has 0 amide bonds. The van der Waals surface area contributed by atoms with Crippen molar-refractivity contribution in [1.82, 2.24) is 4.90 Å². The van der Waals surface area contributed by atoms with Crippen molar-refractivity contribution in [2.45, 2.75) is 64.0 Å². The first kappa shape index (κ1) is 12.4. The zero-order chi connectivity index (χ0) is 11.5. The second-order valence-electron chi connectivity index (χ2n) is 5.98. The largest absolute Gasteiger partial charge is 0.392 e. The number of rotatable bonds is 5. The minimum atomic E-state index is -0.0912. The predicted molar refractivity (Wildman–Crippen MR) is 67.4 cm³/mol. The summed E-state index contributed by atoms with van der Waals surface area (Å²) in [6.45, 7) is 3.19. The van der Waals surface area contributed by atoms with Crippen LogP contribution in [0.25, 0.3) is 0 Å². The molecular formula is C14H27NO. The summed E-state index contributed by atoms with van der Waals surface area (Å²) < 4.78 is 0. The Balaban J connectivity index is 1.73. The van der Waals surface area contributed by atoms with E-state index in [4.69, 9.17) is 0 Å². The maximum absolute atomic E-state index is 10.3. The van der Waals surface area contributed by atoms with E-state index in [0.717, 1.165) is 12.5 Å². The van der Waals surface area contributed by atoms with Crippen LogP contribution in [0.15, 0.2) is 0 Å². The lowest BCUT2D eigenvalue weighted by molar-refractivity contribution is 0.0424. The first-order valence-electron chi connectivity index (χ1n) is 7.07. The summed E-state index contributed by atoms with van der Waals surface area (Å²) in [5, 5.41) is 10.3. The third-order valence-electron chi connectivity index (χ3n) is 4.67. The molecule has 2 atom stereocenters. The van der Waals surface area contributed by atoms with Gasteiger partial charge >= 0.3 is 0 Å². The molecular weight excluding hydrogens is 198 g/mol. The highest BCUT2D eigenvalue weighted by atomic mass is 16.3. The van der Waals surface area contributed by atoms with Crippen molar-refractivity contribution in [3.05, 3.63) is 0 Å². The van der Waals surface area contributed by atoms with E-state index < -0.39 is 0 Å². The Hall–Kier alpha value is -0.0800. The number of hydrogen-bond donors (Lipinski definition) is 1. The highest BCUT2D eigenvalue weighted by Crippen LogP contribution is 2.35. The van der Waals surface area contributed by atoms with Gasteiger partial charge in [0.2, 0.25) is 0 Å². The second-order valence-corrected chi connectivity index (χ2v) is 5.98. The van der Waals surface area contributed by atoms with E-state index in [-0.39, 0.29) is 6.10 Å². The molecule has 2 rings (SSSR count). The van der Waals surface area contributed by atoms with Crippen LogP contribution in [-0.4, -0.2) is 35.7 Å². The summed E-state index contributed by atoms with van der Waals surface area (Å²) in [4.78, 5) is 2.37. The van der Waals surface area contributed by atoms with Gasteiger partial charge in [0.05, 0.1) is 6.10 Å². The summed E-state index contributed by atoms with van der Waals surface area (Å²) >= 11 is 0. The van der Waals surface area contributed by atoms with Gasteiger partial charge in [-0.3, -0.25) is 0 Å². The topological polar surface area (TPSA) is 23.5 Å². The molecule has 2 heteroatoms. The Morgan fingerprint density at radius 3 is 2.25 bits per heavy atom. The molecule has 16 heavy (non-hydrogen) atoms. The lowest BCUT2D eigenvalue weighted by Crippen LogP contribution is -2.40. The average molecular weight is 225 g/mol. The van der Waals surface area contributed by atoms with Crippen LogP contribution >= 0.6 is 0 Å². The molecule has 2 aliphatic rings. The van der Waals surface area contributed by atoms with Crippen molar-refractivity contribution in [2.24, 2.45) is 11.8 Å². The van der Waals surface area contributed by atoms with Gasteiger partial charge in [0, 0.05) is 12.6 Å². The van der Waals surface area contributed by atoms with Crippen LogP contribution in [0.4, 0.5) is 0 Å². The molecule has 0 aliphatic heterocycles. The zero-order valence-corrected chi connectivity index (χ0v) is 10.9. The normalized spacial score (nSPS) is 27.0. The fraction of sp³-hybridized carbons (Fsp3) is 1.00. The van der Waals surface area contributed by atoms with Gasteiger partial charge in [0.1, 0.15) is 0 Å². The van der Waals surface area contributed by atoms with Crippen LogP contribution in [0.1, 0.15) is 51.9 Å². The highest BCUT2D eigenvalue weighted by Gasteiger charge is 2.32. The molecule has 0 heterocycles. The van der Waals surface area contributed by atoms with Crippen molar-refractivity contribution in [2.75, 3.05) is 13.6 Å². The first-order chi connectivity index (χ1) is 7.68. The lowest BCUT2D eigenvalue weighted by Gasteiger charge is -2.32. The van der Waals surface area contributed by atoms with Crippen LogP contribution in [0.5, 0.6) is 0 Å². The number of nitrogens with zero attached hydrogens (tertiary/aromatic N) is 1. The third kappa shape index (κ3) is 3.21.